The second-order valence-corrected chi connectivity index (χ2v) is 6.54. The largest absolute Gasteiger partial charge is 0.358 e. The smallest absolute Gasteiger partial charge is 0.224 e. The maximum atomic E-state index is 11.1. The van der Waals surface area contributed by atoms with Gasteiger partial charge in [0.05, 0.1) is 5.75 Å². The molecule has 0 bridgehead atoms. The Labute approximate surface area is 108 Å². The van der Waals surface area contributed by atoms with Crippen molar-refractivity contribution in [3.8, 4) is 0 Å². The van der Waals surface area contributed by atoms with Gasteiger partial charge in [0.15, 0.2) is 0 Å². The number of rotatable bonds is 6. The predicted molar refractivity (Wildman–Crippen MR) is 73.9 cm³/mol. The first-order valence-corrected chi connectivity index (χ1v) is 7.86. The van der Waals surface area contributed by atoms with E-state index < -0.39 is 9.84 Å². The van der Waals surface area contributed by atoms with E-state index in [9.17, 15) is 8.42 Å². The summed E-state index contributed by atoms with van der Waals surface area (Å²) in [7, 11) is -1.13. The predicted octanol–water partition coefficient (Wildman–Crippen LogP) is 0.698. The molecule has 0 saturated heterocycles. The quantitative estimate of drug-likeness (QED) is 0.821. The van der Waals surface area contributed by atoms with Crippen LogP contribution in [-0.4, -0.2) is 50.5 Å². The molecule has 6 nitrogen and oxygen atoms in total. The van der Waals surface area contributed by atoms with Crippen LogP contribution in [0.5, 0.6) is 0 Å². The number of hydrogen-bond acceptors (Lipinski definition) is 6. The van der Waals surface area contributed by atoms with Crippen molar-refractivity contribution in [1.82, 2.24) is 9.97 Å². The first kappa shape index (κ1) is 14.7. The number of aromatic nitrogens is 2. The summed E-state index contributed by atoms with van der Waals surface area (Å²) in [6.07, 6.45) is 2.97. The molecule has 0 aliphatic rings. The van der Waals surface area contributed by atoms with Crippen LogP contribution in [0.1, 0.15) is 12.5 Å². The van der Waals surface area contributed by atoms with Crippen molar-refractivity contribution in [2.24, 2.45) is 0 Å². The summed E-state index contributed by atoms with van der Waals surface area (Å²) in [5, 5.41) is 3.04. The van der Waals surface area contributed by atoms with Gasteiger partial charge >= 0.3 is 0 Å². The Morgan fingerprint density at radius 1 is 1.44 bits per heavy atom. The second-order valence-electron chi connectivity index (χ2n) is 4.28. The number of nitrogens with zero attached hydrogens (tertiary/aromatic N) is 3. The third-order valence-electron chi connectivity index (χ3n) is 2.44. The molecule has 0 amide bonds. The van der Waals surface area contributed by atoms with Crippen molar-refractivity contribution in [3.05, 3.63) is 11.8 Å². The molecule has 7 heteroatoms. The summed E-state index contributed by atoms with van der Waals surface area (Å²) >= 11 is 0. The first-order chi connectivity index (χ1) is 8.33. The van der Waals surface area contributed by atoms with Crippen molar-refractivity contribution in [2.45, 2.75) is 13.8 Å². The van der Waals surface area contributed by atoms with Gasteiger partial charge in [-0.1, -0.05) is 0 Å². The number of anilines is 2. The third kappa shape index (κ3) is 4.48. The fourth-order valence-electron chi connectivity index (χ4n) is 1.47. The summed E-state index contributed by atoms with van der Waals surface area (Å²) in [5.74, 6) is 1.43. The Balaban J connectivity index is 2.83. The van der Waals surface area contributed by atoms with E-state index in [2.05, 4.69) is 15.3 Å². The van der Waals surface area contributed by atoms with Gasteiger partial charge in [0.25, 0.3) is 0 Å². The Kier molecular flexibility index (Phi) is 4.89. The Morgan fingerprint density at radius 3 is 2.67 bits per heavy atom. The number of hydrogen-bond donors (Lipinski definition) is 1. The molecular weight excluding hydrogens is 252 g/mol. The monoisotopic (exact) mass is 272 g/mol. The van der Waals surface area contributed by atoms with Gasteiger partial charge in [-0.05, 0) is 13.8 Å². The zero-order valence-corrected chi connectivity index (χ0v) is 12.1. The highest BCUT2D eigenvalue weighted by Crippen LogP contribution is 2.16. The maximum Gasteiger partial charge on any atom is 0.224 e. The van der Waals surface area contributed by atoms with E-state index in [-0.39, 0.29) is 5.75 Å². The molecule has 1 N–H and O–H groups in total. The molecular formula is C11H20N4O2S. The topological polar surface area (TPSA) is 75.2 Å². The van der Waals surface area contributed by atoms with E-state index in [1.807, 2.05) is 25.8 Å². The maximum absolute atomic E-state index is 11.1. The summed E-state index contributed by atoms with van der Waals surface area (Å²) in [6, 6.07) is 0. The molecule has 0 spiro atoms. The zero-order valence-electron chi connectivity index (χ0n) is 11.3. The van der Waals surface area contributed by atoms with E-state index in [1.165, 1.54) is 6.26 Å². The normalized spacial score (nSPS) is 11.3. The van der Waals surface area contributed by atoms with Gasteiger partial charge in [0.1, 0.15) is 15.7 Å². The van der Waals surface area contributed by atoms with Crippen molar-refractivity contribution in [3.63, 3.8) is 0 Å². The highest BCUT2D eigenvalue weighted by Gasteiger charge is 2.11. The minimum absolute atomic E-state index is 0.115. The summed E-state index contributed by atoms with van der Waals surface area (Å²) in [5.41, 5.74) is 0.924. The van der Waals surface area contributed by atoms with Crippen molar-refractivity contribution in [1.29, 1.82) is 0 Å². The van der Waals surface area contributed by atoms with Crippen molar-refractivity contribution >= 4 is 21.6 Å². The van der Waals surface area contributed by atoms with Crippen LogP contribution in [0.4, 0.5) is 11.8 Å². The second kappa shape index (κ2) is 5.99. The minimum Gasteiger partial charge on any atom is -0.358 e. The molecule has 0 aliphatic carbocycles. The SMILES string of the molecule is CCNc1ncc(C)c(N(C)CCS(C)(=O)=O)n1. The lowest BCUT2D eigenvalue weighted by molar-refractivity contribution is 0.601. The molecule has 0 aromatic carbocycles. The molecule has 0 unspecified atom stereocenters. The fraction of sp³-hybridized carbons (Fsp3) is 0.636. The van der Waals surface area contributed by atoms with E-state index in [1.54, 1.807) is 6.20 Å². The van der Waals surface area contributed by atoms with Gasteiger partial charge in [-0.15, -0.1) is 0 Å². The Morgan fingerprint density at radius 2 is 2.11 bits per heavy atom. The van der Waals surface area contributed by atoms with Crippen LogP contribution in [0.25, 0.3) is 0 Å². The van der Waals surface area contributed by atoms with Crippen LogP contribution >= 0.6 is 0 Å². The summed E-state index contributed by atoms with van der Waals surface area (Å²) in [6.45, 7) is 5.04. The number of nitrogens with one attached hydrogen (secondary N) is 1. The summed E-state index contributed by atoms with van der Waals surface area (Å²) in [4.78, 5) is 10.4. The third-order valence-corrected chi connectivity index (χ3v) is 3.36. The van der Waals surface area contributed by atoms with E-state index >= 15 is 0 Å². The van der Waals surface area contributed by atoms with Gasteiger partial charge in [-0.25, -0.2) is 13.4 Å². The average molecular weight is 272 g/mol. The first-order valence-electron chi connectivity index (χ1n) is 5.80. The lowest BCUT2D eigenvalue weighted by Crippen LogP contribution is -2.26. The molecule has 1 aromatic heterocycles. The number of sulfone groups is 1. The average Bonchev–Trinajstić information content (AvgIpc) is 2.28. The van der Waals surface area contributed by atoms with Gasteiger partial charge in [-0.3, -0.25) is 0 Å². The van der Waals surface area contributed by atoms with E-state index in [0.717, 1.165) is 17.9 Å². The van der Waals surface area contributed by atoms with Crippen molar-refractivity contribution in [2.75, 3.05) is 42.4 Å². The Bertz CT molecular complexity index is 502. The highest BCUT2D eigenvalue weighted by atomic mass is 32.2. The number of aryl methyl sites for hydroxylation is 1. The lowest BCUT2D eigenvalue weighted by atomic mass is 10.3. The molecule has 0 saturated carbocycles. The summed E-state index contributed by atoms with van der Waals surface area (Å²) < 4.78 is 22.3. The Hall–Kier alpha value is -1.37. The standard InChI is InChI=1S/C11H20N4O2S/c1-5-12-11-13-8-9(2)10(14-11)15(3)6-7-18(4,16)17/h8H,5-7H2,1-4H3,(H,12,13,14). The molecule has 0 aliphatic heterocycles. The molecule has 102 valence electrons. The van der Waals surface area contributed by atoms with Gasteiger partial charge < -0.3 is 10.2 Å². The van der Waals surface area contributed by atoms with Crippen LogP contribution in [0.2, 0.25) is 0 Å². The zero-order chi connectivity index (χ0) is 13.8. The van der Waals surface area contributed by atoms with Crippen LogP contribution in [0, 0.1) is 6.92 Å². The molecule has 0 atom stereocenters. The molecule has 0 radical (unpaired) electrons. The molecule has 1 rings (SSSR count). The van der Waals surface area contributed by atoms with E-state index in [0.29, 0.717) is 12.5 Å². The van der Waals surface area contributed by atoms with Crippen molar-refractivity contribution < 1.29 is 8.42 Å². The molecule has 1 aromatic rings. The van der Waals surface area contributed by atoms with Gasteiger partial charge in [-0.2, -0.15) is 4.98 Å². The highest BCUT2D eigenvalue weighted by molar-refractivity contribution is 7.90. The molecule has 0 fully saturated rings. The molecule has 1 heterocycles. The minimum atomic E-state index is -2.96. The van der Waals surface area contributed by atoms with Crippen LogP contribution < -0.4 is 10.2 Å². The van der Waals surface area contributed by atoms with Crippen LogP contribution in [-0.2, 0) is 9.84 Å². The van der Waals surface area contributed by atoms with Gasteiger partial charge in [0, 0.05) is 38.2 Å². The van der Waals surface area contributed by atoms with Crippen LogP contribution in [0.3, 0.4) is 0 Å². The fourth-order valence-corrected chi connectivity index (χ4v) is 2.08. The molecule has 18 heavy (non-hydrogen) atoms. The van der Waals surface area contributed by atoms with E-state index in [4.69, 9.17) is 0 Å². The van der Waals surface area contributed by atoms with Crippen LogP contribution in [0.15, 0.2) is 6.20 Å². The van der Waals surface area contributed by atoms with Gasteiger partial charge in [0.2, 0.25) is 5.95 Å². The lowest BCUT2D eigenvalue weighted by Gasteiger charge is -2.20.